The van der Waals surface area contributed by atoms with E-state index in [1.165, 1.54) is 38.9 Å². The van der Waals surface area contributed by atoms with Gasteiger partial charge in [-0.2, -0.15) is 0 Å². The van der Waals surface area contributed by atoms with Gasteiger partial charge >= 0.3 is 0 Å². The molecule has 0 amide bonds. The smallest absolute Gasteiger partial charge is 0.0613 e. The first-order chi connectivity index (χ1) is 7.76. The van der Waals surface area contributed by atoms with Crippen molar-refractivity contribution < 1.29 is 4.74 Å². The molecule has 96 valence electrons. The number of ether oxygens (including phenoxy) is 1. The van der Waals surface area contributed by atoms with Crippen molar-refractivity contribution >= 4 is 0 Å². The predicted octanol–water partition coefficient (Wildman–Crippen LogP) is 1.73. The largest absolute Gasteiger partial charge is 0.383 e. The Balaban J connectivity index is 2.02. The van der Waals surface area contributed by atoms with Crippen LogP contribution < -0.4 is 5.32 Å². The lowest BCUT2D eigenvalue weighted by molar-refractivity contribution is 0.165. The molecule has 3 nitrogen and oxygen atoms in total. The number of methoxy groups -OCH3 is 1. The van der Waals surface area contributed by atoms with Gasteiger partial charge in [-0.05, 0) is 58.3 Å². The van der Waals surface area contributed by atoms with Gasteiger partial charge in [0.25, 0.3) is 0 Å². The Labute approximate surface area is 101 Å². The fraction of sp³-hybridized carbons (Fsp3) is 1.00. The third-order valence-electron chi connectivity index (χ3n) is 3.62. The maximum Gasteiger partial charge on any atom is 0.0613 e. The summed E-state index contributed by atoms with van der Waals surface area (Å²) in [5.41, 5.74) is 0. The zero-order valence-electron chi connectivity index (χ0n) is 11.2. The molecule has 1 saturated heterocycles. The second-order valence-corrected chi connectivity index (χ2v) is 4.98. The molecular weight excluding hydrogens is 200 g/mol. The van der Waals surface area contributed by atoms with E-state index in [0.29, 0.717) is 6.04 Å². The maximum atomic E-state index is 5.11. The molecule has 1 rings (SSSR count). The summed E-state index contributed by atoms with van der Waals surface area (Å²) in [4.78, 5) is 2.55. The zero-order valence-corrected chi connectivity index (χ0v) is 11.2. The van der Waals surface area contributed by atoms with Crippen molar-refractivity contribution in [3.05, 3.63) is 0 Å². The molecule has 0 saturated carbocycles. The molecule has 0 aromatic carbocycles. The highest BCUT2D eigenvalue weighted by atomic mass is 16.5. The summed E-state index contributed by atoms with van der Waals surface area (Å²) >= 11 is 0. The molecule has 0 radical (unpaired) electrons. The van der Waals surface area contributed by atoms with Crippen LogP contribution in [0.25, 0.3) is 0 Å². The number of hydrogen-bond donors (Lipinski definition) is 1. The van der Waals surface area contributed by atoms with Gasteiger partial charge in [0.05, 0.1) is 6.61 Å². The first-order valence-corrected chi connectivity index (χ1v) is 6.71. The lowest BCUT2D eigenvalue weighted by atomic mass is 9.93. The Bertz CT molecular complexity index is 167. The van der Waals surface area contributed by atoms with Crippen LogP contribution in [-0.4, -0.2) is 50.8 Å². The van der Waals surface area contributed by atoms with Crippen LogP contribution in [0.2, 0.25) is 0 Å². The van der Waals surface area contributed by atoms with E-state index in [2.05, 4.69) is 24.1 Å². The third-order valence-corrected chi connectivity index (χ3v) is 3.62. The molecule has 0 aliphatic carbocycles. The van der Waals surface area contributed by atoms with Gasteiger partial charge in [-0.15, -0.1) is 0 Å². The summed E-state index contributed by atoms with van der Waals surface area (Å²) < 4.78 is 5.11. The highest BCUT2D eigenvalue weighted by Crippen LogP contribution is 2.19. The SMILES string of the molecule is CCN1CCC(CCNC(C)COC)CC1. The average molecular weight is 228 g/mol. The number of hydrogen-bond acceptors (Lipinski definition) is 3. The van der Waals surface area contributed by atoms with Crippen molar-refractivity contribution in [3.8, 4) is 0 Å². The molecule has 3 heteroatoms. The van der Waals surface area contributed by atoms with Crippen LogP contribution in [0, 0.1) is 5.92 Å². The lowest BCUT2D eigenvalue weighted by Gasteiger charge is -2.31. The summed E-state index contributed by atoms with van der Waals surface area (Å²) in [6.45, 7) is 10.2. The zero-order chi connectivity index (χ0) is 11.8. The standard InChI is InChI=1S/C13H28N2O/c1-4-15-9-6-13(7-10-15)5-8-14-12(2)11-16-3/h12-14H,4-11H2,1-3H3. The van der Waals surface area contributed by atoms with Crippen LogP contribution in [0.4, 0.5) is 0 Å². The Kier molecular flexibility index (Phi) is 7.01. The van der Waals surface area contributed by atoms with Crippen molar-refractivity contribution in [1.29, 1.82) is 0 Å². The second kappa shape index (κ2) is 8.04. The van der Waals surface area contributed by atoms with E-state index >= 15 is 0 Å². The molecule has 1 aliphatic heterocycles. The van der Waals surface area contributed by atoms with Crippen molar-refractivity contribution in [2.75, 3.05) is 39.9 Å². The fourth-order valence-electron chi connectivity index (χ4n) is 2.43. The van der Waals surface area contributed by atoms with E-state index in [1.54, 1.807) is 7.11 Å². The van der Waals surface area contributed by atoms with Gasteiger partial charge in [0.2, 0.25) is 0 Å². The van der Waals surface area contributed by atoms with E-state index in [4.69, 9.17) is 4.74 Å². The average Bonchev–Trinajstić information content (AvgIpc) is 2.30. The van der Waals surface area contributed by atoms with Crippen LogP contribution in [0.1, 0.15) is 33.1 Å². The second-order valence-electron chi connectivity index (χ2n) is 4.98. The van der Waals surface area contributed by atoms with E-state index in [0.717, 1.165) is 19.1 Å². The first-order valence-electron chi connectivity index (χ1n) is 6.71. The van der Waals surface area contributed by atoms with Crippen molar-refractivity contribution in [3.63, 3.8) is 0 Å². The molecule has 1 unspecified atom stereocenters. The molecule has 0 aromatic heterocycles. The number of piperidine rings is 1. The van der Waals surface area contributed by atoms with E-state index < -0.39 is 0 Å². The molecule has 1 atom stereocenters. The first kappa shape index (κ1) is 13.9. The molecule has 1 fully saturated rings. The highest BCUT2D eigenvalue weighted by molar-refractivity contribution is 4.72. The van der Waals surface area contributed by atoms with Crippen LogP contribution in [-0.2, 0) is 4.74 Å². The lowest BCUT2D eigenvalue weighted by Crippen LogP contribution is -2.36. The quantitative estimate of drug-likeness (QED) is 0.718. The number of nitrogens with zero attached hydrogens (tertiary/aromatic N) is 1. The minimum Gasteiger partial charge on any atom is -0.383 e. The van der Waals surface area contributed by atoms with Crippen LogP contribution >= 0.6 is 0 Å². The van der Waals surface area contributed by atoms with Crippen molar-refractivity contribution in [2.45, 2.75) is 39.2 Å². The molecule has 16 heavy (non-hydrogen) atoms. The molecule has 0 aromatic rings. The van der Waals surface area contributed by atoms with Gasteiger partial charge in [0, 0.05) is 13.2 Å². The fourth-order valence-corrected chi connectivity index (χ4v) is 2.43. The summed E-state index contributed by atoms with van der Waals surface area (Å²) in [6, 6.07) is 0.487. The molecule has 1 aliphatic rings. The number of likely N-dealkylation sites (tertiary alicyclic amines) is 1. The molecule has 1 heterocycles. The normalized spacial score (nSPS) is 21.2. The van der Waals surface area contributed by atoms with Gasteiger partial charge in [-0.3, -0.25) is 0 Å². The topological polar surface area (TPSA) is 24.5 Å². The minimum atomic E-state index is 0.487. The van der Waals surface area contributed by atoms with Crippen LogP contribution in [0.3, 0.4) is 0 Å². The Morgan fingerprint density at radius 1 is 1.38 bits per heavy atom. The monoisotopic (exact) mass is 228 g/mol. The summed E-state index contributed by atoms with van der Waals surface area (Å²) in [6.07, 6.45) is 4.09. The van der Waals surface area contributed by atoms with Crippen molar-refractivity contribution in [2.24, 2.45) is 5.92 Å². The third kappa shape index (κ3) is 5.28. The predicted molar refractivity (Wildman–Crippen MR) is 68.8 cm³/mol. The van der Waals surface area contributed by atoms with Gasteiger partial charge in [-0.1, -0.05) is 6.92 Å². The molecule has 0 bridgehead atoms. The Morgan fingerprint density at radius 3 is 2.62 bits per heavy atom. The number of rotatable bonds is 7. The maximum absolute atomic E-state index is 5.11. The summed E-state index contributed by atoms with van der Waals surface area (Å²) in [5.74, 6) is 0.935. The van der Waals surface area contributed by atoms with E-state index in [9.17, 15) is 0 Å². The molecule has 0 spiro atoms. The Hall–Kier alpha value is -0.120. The van der Waals surface area contributed by atoms with Gasteiger partial charge < -0.3 is 15.0 Å². The minimum absolute atomic E-state index is 0.487. The van der Waals surface area contributed by atoms with Crippen molar-refractivity contribution in [1.82, 2.24) is 10.2 Å². The molecular formula is C13H28N2O. The summed E-state index contributed by atoms with van der Waals surface area (Å²) in [7, 11) is 1.76. The van der Waals surface area contributed by atoms with Crippen LogP contribution in [0.15, 0.2) is 0 Å². The summed E-state index contributed by atoms with van der Waals surface area (Å²) in [5, 5.41) is 3.52. The van der Waals surface area contributed by atoms with Gasteiger partial charge in [0.15, 0.2) is 0 Å². The van der Waals surface area contributed by atoms with E-state index in [-0.39, 0.29) is 0 Å². The van der Waals surface area contributed by atoms with Gasteiger partial charge in [-0.25, -0.2) is 0 Å². The van der Waals surface area contributed by atoms with E-state index in [1.807, 2.05) is 0 Å². The molecule has 1 N–H and O–H groups in total. The Morgan fingerprint density at radius 2 is 2.06 bits per heavy atom. The number of nitrogens with one attached hydrogen (secondary N) is 1. The highest BCUT2D eigenvalue weighted by Gasteiger charge is 2.17. The van der Waals surface area contributed by atoms with Gasteiger partial charge in [0.1, 0.15) is 0 Å². The van der Waals surface area contributed by atoms with Crippen LogP contribution in [0.5, 0.6) is 0 Å².